The summed E-state index contributed by atoms with van der Waals surface area (Å²) in [7, 11) is 0. The second-order valence-electron chi connectivity index (χ2n) is 9.58. The van der Waals surface area contributed by atoms with E-state index in [1.807, 2.05) is 10.7 Å². The van der Waals surface area contributed by atoms with Crippen LogP contribution in [0.25, 0.3) is 43.6 Å². The molecule has 0 spiro atoms. The number of aromatic nitrogens is 2. The highest BCUT2D eigenvalue weighted by Crippen LogP contribution is 2.41. The van der Waals surface area contributed by atoms with Crippen LogP contribution in [0.1, 0.15) is 43.9 Å². The molecule has 0 bridgehead atoms. The zero-order chi connectivity index (χ0) is 25.2. The molecule has 5 aromatic rings. The van der Waals surface area contributed by atoms with Gasteiger partial charge in [-0.05, 0) is 95.4 Å². The van der Waals surface area contributed by atoms with Crippen molar-refractivity contribution in [1.82, 2.24) is 9.78 Å². The standard InChI is InChI=1S/C31H28BrN3O2/c32-11-4-6-13-36-29-19-25-17-23-15-21-7-1-2-8-22(21)16-24(23)18-26(25)27(20-33)31(29)28-10-12-34-35(28)30-9-3-5-14-37-30/h1-2,7-8,10,12,15-19,30H,3-6,9,11,13-14H2. The van der Waals surface area contributed by atoms with Crippen LogP contribution in [0.4, 0.5) is 0 Å². The number of ether oxygens (including phenoxy) is 2. The Morgan fingerprint density at radius 3 is 2.49 bits per heavy atom. The lowest BCUT2D eigenvalue weighted by Crippen LogP contribution is -2.20. The van der Waals surface area contributed by atoms with E-state index in [2.05, 4.69) is 81.7 Å². The van der Waals surface area contributed by atoms with Crippen LogP contribution in [0.15, 0.2) is 66.9 Å². The highest BCUT2D eigenvalue weighted by Gasteiger charge is 2.25. The number of fused-ring (bicyclic) bond motifs is 3. The van der Waals surface area contributed by atoms with E-state index in [4.69, 9.17) is 9.47 Å². The Morgan fingerprint density at radius 2 is 1.76 bits per heavy atom. The smallest absolute Gasteiger partial charge is 0.150 e. The molecule has 37 heavy (non-hydrogen) atoms. The average Bonchev–Trinajstić information content (AvgIpc) is 3.42. The highest BCUT2D eigenvalue weighted by atomic mass is 79.9. The molecule has 1 atom stereocenters. The number of hydrogen-bond donors (Lipinski definition) is 0. The predicted molar refractivity (Wildman–Crippen MR) is 152 cm³/mol. The van der Waals surface area contributed by atoms with Crippen LogP contribution in [0.2, 0.25) is 0 Å². The van der Waals surface area contributed by atoms with Crippen LogP contribution in [0, 0.1) is 11.3 Å². The first-order valence-electron chi connectivity index (χ1n) is 12.9. The Hall–Kier alpha value is -3.40. The summed E-state index contributed by atoms with van der Waals surface area (Å²) >= 11 is 3.51. The van der Waals surface area contributed by atoms with Crippen molar-refractivity contribution in [2.24, 2.45) is 0 Å². The van der Waals surface area contributed by atoms with E-state index in [9.17, 15) is 5.26 Å². The molecule has 1 fully saturated rings. The summed E-state index contributed by atoms with van der Waals surface area (Å²) in [5, 5.41) is 22.7. The summed E-state index contributed by atoms with van der Waals surface area (Å²) in [6.45, 7) is 1.31. The number of alkyl halides is 1. The van der Waals surface area contributed by atoms with Gasteiger partial charge < -0.3 is 9.47 Å². The molecule has 5 nitrogen and oxygen atoms in total. The van der Waals surface area contributed by atoms with Crippen LogP contribution < -0.4 is 4.74 Å². The lowest BCUT2D eigenvalue weighted by Gasteiger charge is -2.25. The van der Waals surface area contributed by atoms with E-state index >= 15 is 0 Å². The molecule has 0 aliphatic carbocycles. The largest absolute Gasteiger partial charge is 0.493 e. The van der Waals surface area contributed by atoms with E-state index < -0.39 is 0 Å². The molecule has 2 heterocycles. The van der Waals surface area contributed by atoms with E-state index in [0.717, 1.165) is 82.6 Å². The van der Waals surface area contributed by atoms with Gasteiger partial charge in [-0.1, -0.05) is 40.2 Å². The van der Waals surface area contributed by atoms with Crippen molar-refractivity contribution in [1.29, 1.82) is 5.26 Å². The minimum Gasteiger partial charge on any atom is -0.493 e. The fourth-order valence-corrected chi connectivity index (χ4v) is 5.73. The molecule has 0 saturated carbocycles. The molecule has 1 unspecified atom stereocenters. The van der Waals surface area contributed by atoms with Gasteiger partial charge in [-0.3, -0.25) is 0 Å². The fourth-order valence-electron chi connectivity index (χ4n) is 5.34. The molecule has 0 radical (unpaired) electrons. The van der Waals surface area contributed by atoms with E-state index in [1.54, 1.807) is 6.20 Å². The summed E-state index contributed by atoms with van der Waals surface area (Å²) < 4.78 is 14.4. The lowest BCUT2D eigenvalue weighted by atomic mass is 9.93. The van der Waals surface area contributed by atoms with Crippen molar-refractivity contribution >= 4 is 48.2 Å². The van der Waals surface area contributed by atoms with Gasteiger partial charge in [0.2, 0.25) is 0 Å². The third kappa shape index (κ3) is 4.58. The summed E-state index contributed by atoms with van der Waals surface area (Å²) in [6.07, 6.45) is 6.69. The number of rotatable bonds is 7. The van der Waals surface area contributed by atoms with Gasteiger partial charge in [0.15, 0.2) is 6.23 Å². The van der Waals surface area contributed by atoms with Crippen LogP contribution >= 0.6 is 15.9 Å². The fraction of sp³-hybridized carbons (Fsp3) is 0.290. The summed E-state index contributed by atoms with van der Waals surface area (Å²) in [6, 6.07) is 23.7. The Balaban J connectivity index is 1.57. The third-order valence-corrected chi connectivity index (χ3v) is 7.74. The topological polar surface area (TPSA) is 60.1 Å². The zero-order valence-electron chi connectivity index (χ0n) is 20.6. The molecular weight excluding hydrogens is 526 g/mol. The number of benzene rings is 4. The number of halogens is 1. The van der Waals surface area contributed by atoms with Gasteiger partial charge in [0, 0.05) is 23.5 Å². The molecule has 0 N–H and O–H groups in total. The quantitative estimate of drug-likeness (QED) is 0.116. The normalized spacial score (nSPS) is 15.8. The molecule has 1 aliphatic heterocycles. The Bertz CT molecular complexity index is 1630. The third-order valence-electron chi connectivity index (χ3n) is 7.18. The van der Waals surface area contributed by atoms with Crippen molar-refractivity contribution < 1.29 is 9.47 Å². The van der Waals surface area contributed by atoms with Crippen molar-refractivity contribution in [3.8, 4) is 23.1 Å². The second-order valence-corrected chi connectivity index (χ2v) is 10.4. The maximum absolute atomic E-state index is 10.5. The Labute approximate surface area is 224 Å². The molecule has 4 aromatic carbocycles. The van der Waals surface area contributed by atoms with Gasteiger partial charge in [0.1, 0.15) is 11.8 Å². The van der Waals surface area contributed by atoms with Crippen LogP contribution in [-0.2, 0) is 4.74 Å². The molecule has 0 amide bonds. The van der Waals surface area contributed by atoms with Gasteiger partial charge >= 0.3 is 0 Å². The maximum atomic E-state index is 10.5. The van der Waals surface area contributed by atoms with Gasteiger partial charge in [0.25, 0.3) is 0 Å². The maximum Gasteiger partial charge on any atom is 0.150 e. The van der Waals surface area contributed by atoms with E-state index in [1.165, 1.54) is 10.8 Å². The van der Waals surface area contributed by atoms with Gasteiger partial charge in [-0.2, -0.15) is 10.4 Å². The first-order chi connectivity index (χ1) is 18.3. The molecule has 6 heteroatoms. The lowest BCUT2D eigenvalue weighted by molar-refractivity contribution is -0.0383. The van der Waals surface area contributed by atoms with E-state index in [0.29, 0.717) is 12.2 Å². The first-order valence-corrected chi connectivity index (χ1v) is 14.1. The monoisotopic (exact) mass is 553 g/mol. The summed E-state index contributed by atoms with van der Waals surface area (Å²) in [5.74, 6) is 0.719. The minimum absolute atomic E-state index is 0.134. The van der Waals surface area contributed by atoms with Crippen molar-refractivity contribution in [2.45, 2.75) is 38.3 Å². The SMILES string of the molecule is N#Cc1c(-c2ccnn2C2CCCCO2)c(OCCCCBr)cc2cc3cc4ccccc4cc3cc12. The molecule has 1 saturated heterocycles. The van der Waals surface area contributed by atoms with Crippen LogP contribution in [-0.4, -0.2) is 28.3 Å². The molecule has 1 aromatic heterocycles. The van der Waals surface area contributed by atoms with E-state index in [-0.39, 0.29) is 6.23 Å². The first kappa shape index (κ1) is 24.0. The van der Waals surface area contributed by atoms with Gasteiger partial charge in [-0.25, -0.2) is 4.68 Å². The van der Waals surface area contributed by atoms with Crippen molar-refractivity contribution in [3.63, 3.8) is 0 Å². The highest BCUT2D eigenvalue weighted by molar-refractivity contribution is 9.09. The Morgan fingerprint density at radius 1 is 0.973 bits per heavy atom. The Kier molecular flexibility index (Phi) is 6.82. The number of hydrogen-bond acceptors (Lipinski definition) is 4. The number of nitriles is 1. The number of nitrogens with zero attached hydrogens (tertiary/aromatic N) is 3. The average molecular weight is 554 g/mol. The van der Waals surface area contributed by atoms with Crippen molar-refractivity contribution in [2.75, 3.05) is 18.5 Å². The molecule has 186 valence electrons. The number of unbranched alkanes of at least 4 members (excludes halogenated alkanes) is 1. The summed E-state index contributed by atoms with van der Waals surface area (Å²) in [4.78, 5) is 0. The predicted octanol–water partition coefficient (Wildman–Crippen LogP) is 8.13. The van der Waals surface area contributed by atoms with Gasteiger partial charge in [0.05, 0.1) is 23.4 Å². The van der Waals surface area contributed by atoms with Crippen LogP contribution in [0.5, 0.6) is 5.75 Å². The second kappa shape index (κ2) is 10.5. The minimum atomic E-state index is -0.134. The van der Waals surface area contributed by atoms with Gasteiger partial charge in [-0.15, -0.1) is 0 Å². The zero-order valence-corrected chi connectivity index (χ0v) is 22.2. The molecule has 6 rings (SSSR count). The van der Waals surface area contributed by atoms with Crippen LogP contribution in [0.3, 0.4) is 0 Å². The van der Waals surface area contributed by atoms with Crippen molar-refractivity contribution in [3.05, 3.63) is 72.4 Å². The molecule has 1 aliphatic rings. The summed E-state index contributed by atoms with van der Waals surface area (Å²) in [5.41, 5.74) is 2.26. The molecular formula is C31H28BrN3O2.